The molecule has 8 nitrogen and oxygen atoms in total. The van der Waals surface area contributed by atoms with E-state index in [0.29, 0.717) is 12.5 Å². The number of aliphatic imine (C=N–C) groups is 1. The fraction of sp³-hybridized carbons (Fsp3) is 0.571. The van der Waals surface area contributed by atoms with Crippen LogP contribution in [0.1, 0.15) is 30.9 Å². The van der Waals surface area contributed by atoms with Crippen molar-refractivity contribution in [3.05, 3.63) is 35.4 Å². The summed E-state index contributed by atoms with van der Waals surface area (Å²) >= 11 is 0. The van der Waals surface area contributed by atoms with E-state index in [4.69, 9.17) is 5.73 Å². The maximum absolute atomic E-state index is 11.8. The third kappa shape index (κ3) is 8.86. The van der Waals surface area contributed by atoms with Gasteiger partial charge in [-0.1, -0.05) is 24.3 Å². The molecule has 1 aromatic rings. The number of halogens is 1. The highest BCUT2D eigenvalue weighted by molar-refractivity contribution is 14.0. The molecule has 0 radical (unpaired) electrons. The third-order valence-electron chi connectivity index (χ3n) is 4.98. The molecule has 0 spiro atoms. The summed E-state index contributed by atoms with van der Waals surface area (Å²) < 4.78 is 0. The Morgan fingerprint density at radius 1 is 1.27 bits per heavy atom. The Balaban J connectivity index is 0.00000450. The minimum atomic E-state index is -0.200. The van der Waals surface area contributed by atoms with E-state index in [-0.39, 0.29) is 48.3 Å². The number of nitrogens with one attached hydrogen (secondary N) is 2. The van der Waals surface area contributed by atoms with Crippen molar-refractivity contribution in [2.75, 3.05) is 40.3 Å². The van der Waals surface area contributed by atoms with Crippen molar-refractivity contribution >= 4 is 41.8 Å². The van der Waals surface area contributed by atoms with Crippen LogP contribution in [-0.4, -0.2) is 67.8 Å². The van der Waals surface area contributed by atoms with Crippen molar-refractivity contribution in [2.45, 2.75) is 32.9 Å². The van der Waals surface area contributed by atoms with E-state index in [2.05, 4.69) is 32.7 Å². The molecule has 0 aliphatic carbocycles. The van der Waals surface area contributed by atoms with Gasteiger partial charge in [0, 0.05) is 33.7 Å². The second-order valence-corrected chi connectivity index (χ2v) is 7.63. The number of nitrogens with zero attached hydrogens (tertiary/aromatic N) is 3. The number of rotatable bonds is 8. The number of guanidine groups is 1. The number of likely N-dealkylation sites (N-methyl/N-ethyl adjacent to an activating group) is 1. The normalized spacial score (nSPS) is 17.0. The fourth-order valence-corrected chi connectivity index (χ4v) is 3.35. The summed E-state index contributed by atoms with van der Waals surface area (Å²) in [5.74, 6) is 0.367. The van der Waals surface area contributed by atoms with Crippen molar-refractivity contribution in [3.8, 4) is 0 Å². The summed E-state index contributed by atoms with van der Waals surface area (Å²) in [4.78, 5) is 31.7. The quantitative estimate of drug-likeness (QED) is 0.266. The van der Waals surface area contributed by atoms with E-state index in [1.54, 1.807) is 19.0 Å². The highest BCUT2D eigenvalue weighted by Crippen LogP contribution is 2.19. The van der Waals surface area contributed by atoms with Crippen molar-refractivity contribution in [1.29, 1.82) is 0 Å². The molecule has 0 aromatic heterocycles. The summed E-state index contributed by atoms with van der Waals surface area (Å²) in [5.41, 5.74) is 7.78. The Bertz CT molecular complexity index is 725. The average Bonchev–Trinajstić information content (AvgIpc) is 2.70. The number of hydrogen-bond acceptors (Lipinski definition) is 4. The predicted molar refractivity (Wildman–Crippen MR) is 131 cm³/mol. The van der Waals surface area contributed by atoms with Crippen LogP contribution < -0.4 is 16.4 Å². The van der Waals surface area contributed by atoms with Gasteiger partial charge < -0.3 is 21.3 Å². The Morgan fingerprint density at radius 2 is 2.00 bits per heavy atom. The minimum Gasteiger partial charge on any atom is -0.369 e. The van der Waals surface area contributed by atoms with Gasteiger partial charge in [0.2, 0.25) is 11.8 Å². The molecular formula is C21H35IN6O2. The van der Waals surface area contributed by atoms with Gasteiger partial charge >= 0.3 is 0 Å². The summed E-state index contributed by atoms with van der Waals surface area (Å²) in [6, 6.07) is 8.32. The van der Waals surface area contributed by atoms with Crippen LogP contribution >= 0.6 is 24.0 Å². The van der Waals surface area contributed by atoms with Gasteiger partial charge in [0.15, 0.2) is 5.96 Å². The molecule has 1 unspecified atom stereocenters. The highest BCUT2D eigenvalue weighted by atomic mass is 127. The van der Waals surface area contributed by atoms with Crippen LogP contribution in [0.25, 0.3) is 0 Å². The zero-order valence-electron chi connectivity index (χ0n) is 18.2. The van der Waals surface area contributed by atoms with Gasteiger partial charge in [-0.25, -0.2) is 4.99 Å². The molecule has 1 aromatic carbocycles. The first-order valence-corrected chi connectivity index (χ1v) is 10.2. The second-order valence-electron chi connectivity index (χ2n) is 7.63. The first kappa shape index (κ1) is 26.2. The largest absolute Gasteiger partial charge is 0.369 e. The van der Waals surface area contributed by atoms with Gasteiger partial charge in [0.1, 0.15) is 0 Å². The molecule has 1 aliphatic heterocycles. The Hall–Kier alpha value is -1.88. The van der Waals surface area contributed by atoms with Crippen molar-refractivity contribution in [2.24, 2.45) is 16.6 Å². The summed E-state index contributed by atoms with van der Waals surface area (Å²) in [6.07, 6.45) is 1.89. The summed E-state index contributed by atoms with van der Waals surface area (Å²) in [7, 11) is 3.46. The molecule has 1 aliphatic rings. The number of carbonyl (C=O) groups excluding carboxylic acids is 2. The number of piperidine rings is 1. The Labute approximate surface area is 196 Å². The average molecular weight is 530 g/mol. The van der Waals surface area contributed by atoms with Crippen LogP contribution in [0.5, 0.6) is 0 Å². The number of hydrogen-bond donors (Lipinski definition) is 3. The van der Waals surface area contributed by atoms with E-state index >= 15 is 0 Å². The van der Waals surface area contributed by atoms with Crippen molar-refractivity contribution in [1.82, 2.24) is 20.4 Å². The molecule has 4 N–H and O–H groups in total. The van der Waals surface area contributed by atoms with Crippen molar-refractivity contribution < 1.29 is 9.59 Å². The van der Waals surface area contributed by atoms with Gasteiger partial charge in [-0.3, -0.25) is 14.5 Å². The van der Waals surface area contributed by atoms with Crippen LogP contribution in [0.15, 0.2) is 29.3 Å². The first-order valence-electron chi connectivity index (χ1n) is 10.2. The topological polar surface area (TPSA) is 103 Å². The first-order chi connectivity index (χ1) is 13.9. The standard InChI is InChI=1S/C21H34N6O2.HI/c1-4-23-21(25-13-19(28)26(2)3)24-12-16-7-5-8-17(11-16)14-27-10-6-9-18(15-27)20(22)29;/h5,7-8,11,18H,4,6,9-10,12-15H2,1-3H3,(H2,22,29)(H2,23,24,25);1H. The molecule has 1 atom stereocenters. The Morgan fingerprint density at radius 3 is 2.67 bits per heavy atom. The molecule has 1 fully saturated rings. The van der Waals surface area contributed by atoms with E-state index in [0.717, 1.165) is 44.6 Å². The van der Waals surface area contributed by atoms with Gasteiger partial charge in [-0.2, -0.15) is 0 Å². The van der Waals surface area contributed by atoms with Gasteiger partial charge in [0.05, 0.1) is 19.0 Å². The number of nitrogens with two attached hydrogens (primary N) is 1. The van der Waals surface area contributed by atoms with Gasteiger partial charge in [-0.05, 0) is 37.4 Å². The van der Waals surface area contributed by atoms with Crippen LogP contribution in [0.4, 0.5) is 0 Å². The van der Waals surface area contributed by atoms with Gasteiger partial charge in [-0.15, -0.1) is 24.0 Å². The van der Waals surface area contributed by atoms with E-state index in [1.807, 2.05) is 19.1 Å². The molecule has 0 bridgehead atoms. The zero-order chi connectivity index (χ0) is 21.2. The smallest absolute Gasteiger partial charge is 0.241 e. The lowest BCUT2D eigenvalue weighted by Crippen LogP contribution is -2.42. The van der Waals surface area contributed by atoms with Crippen LogP contribution in [0.2, 0.25) is 0 Å². The summed E-state index contributed by atoms with van der Waals surface area (Å²) in [5, 5.41) is 6.22. The monoisotopic (exact) mass is 530 g/mol. The number of carbonyl (C=O) groups is 2. The molecule has 168 valence electrons. The number of primary amides is 1. The van der Waals surface area contributed by atoms with Gasteiger partial charge in [0.25, 0.3) is 0 Å². The lowest BCUT2D eigenvalue weighted by atomic mass is 9.97. The molecule has 2 rings (SSSR count). The van der Waals surface area contributed by atoms with E-state index in [9.17, 15) is 9.59 Å². The maximum Gasteiger partial charge on any atom is 0.241 e. The molecule has 1 saturated heterocycles. The van der Waals surface area contributed by atoms with Crippen LogP contribution in [-0.2, 0) is 22.7 Å². The summed E-state index contributed by atoms with van der Waals surface area (Å²) in [6.45, 7) is 5.95. The number of benzene rings is 1. The number of amides is 2. The SMILES string of the molecule is CCNC(=NCc1cccc(CN2CCCC(C(N)=O)C2)c1)NCC(=O)N(C)C.I. The highest BCUT2D eigenvalue weighted by Gasteiger charge is 2.23. The molecule has 2 amide bonds. The van der Waals surface area contributed by atoms with E-state index < -0.39 is 0 Å². The fourth-order valence-electron chi connectivity index (χ4n) is 3.35. The third-order valence-corrected chi connectivity index (χ3v) is 4.98. The molecule has 1 heterocycles. The molecule has 0 saturated carbocycles. The van der Waals surface area contributed by atoms with E-state index in [1.165, 1.54) is 5.56 Å². The van der Waals surface area contributed by atoms with Crippen molar-refractivity contribution in [3.63, 3.8) is 0 Å². The number of likely N-dealkylation sites (tertiary alicyclic amines) is 1. The molecule has 9 heteroatoms. The second kappa shape index (κ2) is 13.4. The predicted octanol–water partition coefficient (Wildman–Crippen LogP) is 1.15. The Kier molecular flexibility index (Phi) is 11.7. The lowest BCUT2D eigenvalue weighted by Gasteiger charge is -2.31. The van der Waals surface area contributed by atoms with Crippen LogP contribution in [0.3, 0.4) is 0 Å². The maximum atomic E-state index is 11.8. The zero-order valence-corrected chi connectivity index (χ0v) is 20.5. The lowest BCUT2D eigenvalue weighted by molar-refractivity contribution is -0.127. The molecular weight excluding hydrogens is 495 g/mol. The minimum absolute atomic E-state index is 0. The van der Waals surface area contributed by atoms with Crippen LogP contribution in [0, 0.1) is 5.92 Å². The molecule has 30 heavy (non-hydrogen) atoms.